The maximum atomic E-state index is 11.8. The van der Waals surface area contributed by atoms with E-state index in [9.17, 15) is 14.7 Å². The van der Waals surface area contributed by atoms with E-state index in [2.05, 4.69) is 15.3 Å². The topological polar surface area (TPSA) is 125 Å². The number of carbonyl (C=O) groups is 2. The van der Waals surface area contributed by atoms with Crippen LogP contribution < -0.4 is 5.32 Å². The van der Waals surface area contributed by atoms with Crippen LogP contribution in [0.3, 0.4) is 0 Å². The smallest absolute Gasteiger partial charge is 0.408 e. The Morgan fingerprint density at radius 2 is 2.08 bits per heavy atom. The highest BCUT2D eigenvalue weighted by Crippen LogP contribution is 2.25. The Morgan fingerprint density at radius 3 is 2.64 bits per heavy atom. The lowest BCUT2D eigenvalue weighted by Gasteiger charge is -2.21. The number of alkyl carbamates (subject to hydrolysis) is 1. The summed E-state index contributed by atoms with van der Waals surface area (Å²) in [6, 6.07) is 0.794. The van der Waals surface area contributed by atoms with E-state index in [1.807, 2.05) is 6.07 Å². The fraction of sp³-hybridized carbons (Fsp3) is 0.400. The van der Waals surface area contributed by atoms with Crippen LogP contribution in [-0.4, -0.2) is 38.8 Å². The summed E-state index contributed by atoms with van der Waals surface area (Å²) in [6.07, 6.45) is -0.773. The minimum Gasteiger partial charge on any atom is -0.480 e. The van der Waals surface area contributed by atoms with Crippen LogP contribution >= 0.6 is 22.7 Å². The minimum absolute atomic E-state index is 0.0235. The Bertz CT molecular complexity index is 816. The maximum absolute atomic E-state index is 11.8. The van der Waals surface area contributed by atoms with Gasteiger partial charge in [0, 0.05) is 17.2 Å². The predicted octanol–water partition coefficient (Wildman–Crippen LogP) is 2.66. The highest BCUT2D eigenvalue weighted by molar-refractivity contribution is 7.14. The van der Waals surface area contributed by atoms with Crippen LogP contribution in [-0.2, 0) is 16.0 Å². The van der Waals surface area contributed by atoms with Crippen molar-refractivity contribution in [3.8, 4) is 16.8 Å². The summed E-state index contributed by atoms with van der Waals surface area (Å²) in [5, 5.41) is 24.9. The van der Waals surface area contributed by atoms with Gasteiger partial charge in [0.1, 0.15) is 28.4 Å². The molecule has 2 aromatic rings. The first-order chi connectivity index (χ1) is 11.7. The van der Waals surface area contributed by atoms with Crippen molar-refractivity contribution in [2.24, 2.45) is 0 Å². The first kappa shape index (κ1) is 18.8. The molecule has 2 aromatic heterocycles. The summed E-state index contributed by atoms with van der Waals surface area (Å²) >= 11 is 2.55. The summed E-state index contributed by atoms with van der Waals surface area (Å²) in [5.74, 6) is -1.18. The van der Waals surface area contributed by atoms with Crippen LogP contribution in [0.25, 0.3) is 10.7 Å². The molecule has 0 aliphatic heterocycles. The zero-order valence-corrected chi connectivity index (χ0v) is 15.4. The second kappa shape index (κ2) is 7.58. The summed E-state index contributed by atoms with van der Waals surface area (Å²) in [5.41, 5.74) is 0.169. The van der Waals surface area contributed by atoms with Crippen molar-refractivity contribution in [3.05, 3.63) is 21.5 Å². The number of carboxylic acids is 1. The van der Waals surface area contributed by atoms with E-state index in [4.69, 9.17) is 10.00 Å². The van der Waals surface area contributed by atoms with Crippen LogP contribution in [0, 0.1) is 11.3 Å². The van der Waals surface area contributed by atoms with Gasteiger partial charge in [0.05, 0.1) is 5.01 Å². The minimum atomic E-state index is -1.18. The van der Waals surface area contributed by atoms with Gasteiger partial charge >= 0.3 is 12.1 Å². The van der Waals surface area contributed by atoms with Crippen LogP contribution in [0.1, 0.15) is 31.5 Å². The number of nitrogens with one attached hydrogen (secondary N) is 1. The molecular formula is C15H16N4O4S2. The van der Waals surface area contributed by atoms with Crippen LogP contribution in [0.2, 0.25) is 0 Å². The van der Waals surface area contributed by atoms with E-state index in [0.717, 1.165) is 0 Å². The molecule has 0 aromatic carbocycles. The lowest BCUT2D eigenvalue weighted by atomic mass is 10.2. The van der Waals surface area contributed by atoms with Gasteiger partial charge in [-0.2, -0.15) is 5.26 Å². The van der Waals surface area contributed by atoms with Crippen LogP contribution in [0.15, 0.2) is 10.8 Å². The monoisotopic (exact) mass is 380 g/mol. The van der Waals surface area contributed by atoms with Gasteiger partial charge in [-0.15, -0.1) is 22.7 Å². The number of aliphatic carboxylic acids is 1. The normalized spacial score (nSPS) is 12.2. The zero-order chi connectivity index (χ0) is 18.6. The molecular weight excluding hydrogens is 364 g/mol. The van der Waals surface area contributed by atoms with Gasteiger partial charge < -0.3 is 15.2 Å². The number of thiazole rings is 2. The quantitative estimate of drug-likeness (QED) is 0.816. The molecule has 2 rings (SSSR count). The van der Waals surface area contributed by atoms with Gasteiger partial charge in [-0.1, -0.05) is 0 Å². The van der Waals surface area contributed by atoms with Crippen molar-refractivity contribution in [1.82, 2.24) is 15.3 Å². The molecule has 1 amide bonds. The zero-order valence-electron chi connectivity index (χ0n) is 13.8. The van der Waals surface area contributed by atoms with Gasteiger partial charge in [0.2, 0.25) is 0 Å². The third-order valence-corrected chi connectivity index (χ3v) is 4.49. The van der Waals surface area contributed by atoms with Crippen molar-refractivity contribution < 1.29 is 19.4 Å². The number of hydrogen-bond donors (Lipinski definition) is 2. The molecule has 0 radical (unpaired) electrons. The molecule has 0 aliphatic rings. The molecule has 8 nitrogen and oxygen atoms in total. The van der Waals surface area contributed by atoms with E-state index in [0.29, 0.717) is 21.4 Å². The van der Waals surface area contributed by atoms with E-state index in [1.54, 1.807) is 31.5 Å². The van der Waals surface area contributed by atoms with Crippen molar-refractivity contribution >= 4 is 34.7 Å². The molecule has 0 bridgehead atoms. The number of aromatic nitrogens is 2. The number of nitriles is 1. The van der Waals surface area contributed by atoms with Crippen molar-refractivity contribution in [2.45, 2.75) is 38.8 Å². The van der Waals surface area contributed by atoms with E-state index in [-0.39, 0.29) is 6.42 Å². The Labute approximate surface area is 152 Å². The number of carboxylic acid groups (broad SMARTS) is 1. The first-order valence-electron chi connectivity index (χ1n) is 7.20. The predicted molar refractivity (Wildman–Crippen MR) is 92.4 cm³/mol. The van der Waals surface area contributed by atoms with Gasteiger partial charge in [0.25, 0.3) is 0 Å². The molecule has 25 heavy (non-hydrogen) atoms. The summed E-state index contributed by atoms with van der Waals surface area (Å²) in [4.78, 5) is 31.6. The average molecular weight is 380 g/mol. The molecule has 2 heterocycles. The fourth-order valence-electron chi connectivity index (χ4n) is 1.77. The summed E-state index contributed by atoms with van der Waals surface area (Å²) in [7, 11) is 0. The molecule has 0 unspecified atom stereocenters. The number of hydrogen-bond acceptors (Lipinski definition) is 8. The Morgan fingerprint density at radius 1 is 1.36 bits per heavy atom. The van der Waals surface area contributed by atoms with E-state index in [1.165, 1.54) is 22.7 Å². The second-order valence-corrected chi connectivity index (χ2v) is 7.82. The summed E-state index contributed by atoms with van der Waals surface area (Å²) in [6.45, 7) is 5.08. The lowest BCUT2D eigenvalue weighted by molar-refractivity contribution is -0.139. The third kappa shape index (κ3) is 5.51. The molecule has 10 heteroatoms. The van der Waals surface area contributed by atoms with Gasteiger partial charge in [-0.25, -0.2) is 19.6 Å². The lowest BCUT2D eigenvalue weighted by Crippen LogP contribution is -2.44. The number of rotatable bonds is 5. The number of ether oxygens (including phenoxy) is 1. The fourth-order valence-corrected chi connectivity index (χ4v) is 3.38. The molecule has 2 N–H and O–H groups in total. The van der Waals surface area contributed by atoms with Gasteiger partial charge in [-0.05, 0) is 20.8 Å². The third-order valence-electron chi connectivity index (χ3n) is 2.76. The standard InChI is InChI=1S/C15H16N4O4S2/c1-15(2,3)23-14(22)19-9(13(20)21)4-11-18-10(7-24-11)12-17-8(5-16)6-25-12/h6-7,9H,4H2,1-3H3,(H,19,22)(H,20,21)/t9-/m0/s1. The van der Waals surface area contributed by atoms with Crippen molar-refractivity contribution in [3.63, 3.8) is 0 Å². The van der Waals surface area contributed by atoms with Gasteiger partial charge in [0.15, 0.2) is 5.69 Å². The average Bonchev–Trinajstić information content (AvgIpc) is 3.12. The molecule has 1 atom stereocenters. The molecule has 0 spiro atoms. The Balaban J connectivity index is 2.06. The number of amides is 1. The number of carbonyl (C=O) groups excluding carboxylic acids is 1. The highest BCUT2D eigenvalue weighted by Gasteiger charge is 2.25. The summed E-state index contributed by atoms with van der Waals surface area (Å²) < 4.78 is 5.08. The largest absolute Gasteiger partial charge is 0.480 e. The molecule has 0 saturated heterocycles. The van der Waals surface area contributed by atoms with Crippen LogP contribution in [0.5, 0.6) is 0 Å². The highest BCUT2D eigenvalue weighted by atomic mass is 32.1. The first-order valence-corrected chi connectivity index (χ1v) is 8.96. The van der Waals surface area contributed by atoms with E-state index >= 15 is 0 Å². The van der Waals surface area contributed by atoms with Crippen molar-refractivity contribution in [1.29, 1.82) is 5.26 Å². The number of nitrogens with zero attached hydrogens (tertiary/aromatic N) is 3. The van der Waals surface area contributed by atoms with Gasteiger partial charge in [-0.3, -0.25) is 0 Å². The van der Waals surface area contributed by atoms with Crippen LogP contribution in [0.4, 0.5) is 4.79 Å². The molecule has 0 aliphatic carbocycles. The maximum Gasteiger partial charge on any atom is 0.408 e. The Kier molecular flexibility index (Phi) is 5.71. The van der Waals surface area contributed by atoms with Crippen molar-refractivity contribution in [2.75, 3.05) is 0 Å². The molecule has 132 valence electrons. The molecule has 0 fully saturated rings. The van der Waals surface area contributed by atoms with E-state index < -0.39 is 23.7 Å². The SMILES string of the molecule is CC(C)(C)OC(=O)N[C@@H](Cc1nc(-c2nc(C#N)cs2)cs1)C(=O)O. The Hall–Kier alpha value is -2.51. The second-order valence-electron chi connectivity index (χ2n) is 6.02. The molecule has 0 saturated carbocycles.